The highest BCUT2D eigenvalue weighted by Gasteiger charge is 2.26. The van der Waals surface area contributed by atoms with Crippen LogP contribution in [0.1, 0.15) is 12.5 Å². The van der Waals surface area contributed by atoms with Gasteiger partial charge in [-0.2, -0.15) is 4.31 Å². The lowest BCUT2D eigenvalue weighted by Crippen LogP contribution is -2.07. The van der Waals surface area contributed by atoms with Gasteiger partial charge in [0.05, 0.1) is 6.26 Å². The van der Waals surface area contributed by atoms with E-state index < -0.39 is 10.0 Å². The molecule has 0 aliphatic carbocycles. The van der Waals surface area contributed by atoms with Gasteiger partial charge in [0.1, 0.15) is 0 Å². The summed E-state index contributed by atoms with van der Waals surface area (Å²) >= 11 is 0. The summed E-state index contributed by atoms with van der Waals surface area (Å²) in [5.74, 6) is 0. The Hall–Kier alpha value is -1.27. The van der Waals surface area contributed by atoms with E-state index in [1.807, 2.05) is 19.1 Å². The second-order valence-electron chi connectivity index (χ2n) is 4.26. The van der Waals surface area contributed by atoms with Crippen LogP contribution in [0.2, 0.25) is 0 Å². The average Bonchev–Trinajstić information content (AvgIpc) is 3.07. The summed E-state index contributed by atoms with van der Waals surface area (Å²) in [5, 5.41) is 3.22. The van der Waals surface area contributed by atoms with Gasteiger partial charge in [-0.05, 0) is 37.6 Å². The van der Waals surface area contributed by atoms with Gasteiger partial charge in [-0.25, -0.2) is 8.42 Å². The van der Waals surface area contributed by atoms with Crippen molar-refractivity contribution < 1.29 is 8.42 Å². The molecule has 0 saturated carbocycles. The molecule has 1 aromatic rings. The van der Waals surface area contributed by atoms with E-state index in [2.05, 4.69) is 18.3 Å². The Morgan fingerprint density at radius 2 is 2.00 bits per heavy atom. The van der Waals surface area contributed by atoms with E-state index in [4.69, 9.17) is 5.73 Å². The molecule has 3 N–H and O–H groups in total. The summed E-state index contributed by atoms with van der Waals surface area (Å²) in [6.45, 7) is 6.48. The molecule has 1 aliphatic rings. The van der Waals surface area contributed by atoms with Crippen molar-refractivity contribution in [3.05, 3.63) is 23.8 Å². The van der Waals surface area contributed by atoms with Gasteiger partial charge < -0.3 is 11.1 Å². The SMILES string of the molecule is CCNc1ccc(N)c(C)c1.CS(=O)(=O)N1CC1. The maximum atomic E-state index is 10.3. The van der Waals surface area contributed by atoms with Crippen molar-refractivity contribution in [2.45, 2.75) is 13.8 Å². The molecule has 0 radical (unpaired) electrons. The van der Waals surface area contributed by atoms with Gasteiger partial charge in [-0.15, -0.1) is 0 Å². The molecule has 1 aromatic carbocycles. The third-order valence-corrected chi connectivity index (χ3v) is 3.83. The molecule has 0 atom stereocenters. The monoisotopic (exact) mass is 271 g/mol. The van der Waals surface area contributed by atoms with E-state index in [0.717, 1.165) is 36.6 Å². The Morgan fingerprint density at radius 1 is 1.39 bits per heavy atom. The third kappa shape index (κ3) is 4.93. The minimum atomic E-state index is -2.80. The second-order valence-corrected chi connectivity index (χ2v) is 6.25. The van der Waals surface area contributed by atoms with Gasteiger partial charge in [0.2, 0.25) is 10.0 Å². The maximum Gasteiger partial charge on any atom is 0.211 e. The number of aryl methyl sites for hydroxylation is 1. The topological polar surface area (TPSA) is 75.2 Å². The molecule has 1 aliphatic heterocycles. The highest BCUT2D eigenvalue weighted by atomic mass is 32.2. The molecular formula is C12H21N3O2S. The molecule has 0 amide bonds. The standard InChI is InChI=1S/C9H14N2.C3H7NO2S/c1-3-11-8-4-5-9(10)7(2)6-8;1-7(5,6)4-2-3-4/h4-6,11H,3,10H2,1-2H3;2-3H2,1H3. The lowest BCUT2D eigenvalue weighted by molar-refractivity contribution is 0.570. The number of nitrogen functional groups attached to an aromatic ring is 1. The van der Waals surface area contributed by atoms with E-state index in [-0.39, 0.29) is 0 Å². The minimum Gasteiger partial charge on any atom is -0.399 e. The van der Waals surface area contributed by atoms with Crippen LogP contribution < -0.4 is 11.1 Å². The molecule has 0 unspecified atom stereocenters. The number of nitrogens with zero attached hydrogens (tertiary/aromatic N) is 1. The Bertz CT molecular complexity index is 496. The largest absolute Gasteiger partial charge is 0.399 e. The second kappa shape index (κ2) is 6.06. The maximum absolute atomic E-state index is 10.3. The van der Waals surface area contributed by atoms with Gasteiger partial charge in [-0.3, -0.25) is 0 Å². The van der Waals surface area contributed by atoms with Gasteiger partial charge in [0.15, 0.2) is 0 Å². The summed E-state index contributed by atoms with van der Waals surface area (Å²) in [6.07, 6.45) is 1.22. The van der Waals surface area contributed by atoms with Crippen molar-refractivity contribution in [1.82, 2.24) is 4.31 Å². The smallest absolute Gasteiger partial charge is 0.211 e. The molecule has 6 heteroatoms. The number of nitrogens with one attached hydrogen (secondary N) is 1. The fourth-order valence-corrected chi connectivity index (χ4v) is 2.11. The lowest BCUT2D eigenvalue weighted by Gasteiger charge is -2.05. The number of anilines is 2. The molecule has 1 fully saturated rings. The first-order chi connectivity index (χ1) is 8.34. The first kappa shape index (κ1) is 14.8. The number of rotatable bonds is 3. The summed E-state index contributed by atoms with van der Waals surface area (Å²) in [6, 6.07) is 5.97. The molecule has 1 heterocycles. The summed E-state index contributed by atoms with van der Waals surface area (Å²) < 4.78 is 22.0. The van der Waals surface area contributed by atoms with Gasteiger partial charge in [0.25, 0.3) is 0 Å². The average molecular weight is 271 g/mol. The van der Waals surface area contributed by atoms with Crippen molar-refractivity contribution in [2.24, 2.45) is 0 Å². The normalized spacial score (nSPS) is 14.6. The molecule has 2 rings (SSSR count). The number of hydrogen-bond donors (Lipinski definition) is 2. The van der Waals surface area contributed by atoms with Gasteiger partial charge in [0, 0.05) is 31.0 Å². The van der Waals surface area contributed by atoms with Crippen LogP contribution in [0.25, 0.3) is 0 Å². The van der Waals surface area contributed by atoms with Crippen LogP contribution >= 0.6 is 0 Å². The minimum absolute atomic E-state index is 0.721. The molecule has 18 heavy (non-hydrogen) atoms. The van der Waals surface area contributed by atoms with Crippen LogP contribution in [0.5, 0.6) is 0 Å². The first-order valence-corrected chi connectivity index (χ1v) is 7.74. The van der Waals surface area contributed by atoms with Crippen molar-refractivity contribution in [1.29, 1.82) is 0 Å². The van der Waals surface area contributed by atoms with Crippen LogP contribution in [0.3, 0.4) is 0 Å². The zero-order chi connectivity index (χ0) is 13.8. The predicted molar refractivity (Wildman–Crippen MR) is 76.2 cm³/mol. The van der Waals surface area contributed by atoms with E-state index in [1.54, 1.807) is 0 Å². The quantitative estimate of drug-likeness (QED) is 0.641. The fourth-order valence-electron chi connectivity index (χ4n) is 1.36. The summed E-state index contributed by atoms with van der Waals surface area (Å²) in [4.78, 5) is 0. The Balaban J connectivity index is 0.000000199. The number of hydrogen-bond acceptors (Lipinski definition) is 4. The van der Waals surface area contributed by atoms with Crippen molar-refractivity contribution >= 4 is 21.4 Å². The molecule has 0 bridgehead atoms. The van der Waals surface area contributed by atoms with Gasteiger partial charge in [-0.1, -0.05) is 0 Å². The van der Waals surface area contributed by atoms with Crippen LogP contribution in [0.15, 0.2) is 18.2 Å². The Kier molecular flexibility index (Phi) is 4.98. The summed E-state index contributed by atoms with van der Waals surface area (Å²) in [5.41, 5.74) is 8.78. The molecule has 0 spiro atoms. The molecule has 0 aromatic heterocycles. The van der Waals surface area contributed by atoms with Crippen LogP contribution in [-0.2, 0) is 10.0 Å². The van der Waals surface area contributed by atoms with Gasteiger partial charge >= 0.3 is 0 Å². The van der Waals surface area contributed by atoms with Crippen molar-refractivity contribution in [2.75, 3.05) is 36.9 Å². The highest BCUT2D eigenvalue weighted by Crippen LogP contribution is 2.15. The van der Waals surface area contributed by atoms with E-state index in [9.17, 15) is 8.42 Å². The third-order valence-electron chi connectivity index (χ3n) is 2.53. The Labute approximate surface area is 109 Å². The van der Waals surface area contributed by atoms with E-state index >= 15 is 0 Å². The fraction of sp³-hybridized carbons (Fsp3) is 0.500. The van der Waals surface area contributed by atoms with Crippen LogP contribution in [-0.4, -0.2) is 38.6 Å². The van der Waals surface area contributed by atoms with E-state index in [0.29, 0.717) is 0 Å². The molecule has 102 valence electrons. The van der Waals surface area contributed by atoms with Crippen LogP contribution in [0, 0.1) is 6.92 Å². The van der Waals surface area contributed by atoms with Crippen molar-refractivity contribution in [3.63, 3.8) is 0 Å². The molecule has 5 nitrogen and oxygen atoms in total. The summed E-state index contributed by atoms with van der Waals surface area (Å²) in [7, 11) is -2.80. The van der Waals surface area contributed by atoms with E-state index in [1.165, 1.54) is 10.6 Å². The number of benzene rings is 1. The molecule has 1 saturated heterocycles. The zero-order valence-corrected chi connectivity index (χ0v) is 11.9. The number of nitrogens with two attached hydrogens (primary N) is 1. The lowest BCUT2D eigenvalue weighted by atomic mass is 10.2. The van der Waals surface area contributed by atoms with Crippen LogP contribution in [0.4, 0.5) is 11.4 Å². The predicted octanol–water partition coefficient (Wildman–Crippen LogP) is 1.27. The molecular weight excluding hydrogens is 250 g/mol. The number of sulfonamides is 1. The zero-order valence-electron chi connectivity index (χ0n) is 11.1. The Morgan fingerprint density at radius 3 is 2.33 bits per heavy atom. The first-order valence-electron chi connectivity index (χ1n) is 5.89. The highest BCUT2D eigenvalue weighted by molar-refractivity contribution is 7.88. The van der Waals surface area contributed by atoms with Crippen molar-refractivity contribution in [3.8, 4) is 0 Å².